The summed E-state index contributed by atoms with van der Waals surface area (Å²) in [4.78, 5) is 48.4. The van der Waals surface area contributed by atoms with Gasteiger partial charge in [0.1, 0.15) is 5.69 Å². The van der Waals surface area contributed by atoms with E-state index in [4.69, 9.17) is 9.47 Å². The molecule has 1 fully saturated rings. The zero-order valence-electron chi connectivity index (χ0n) is 16.5. The first-order chi connectivity index (χ1) is 13.6. The number of methoxy groups -OCH3 is 1. The van der Waals surface area contributed by atoms with Crippen LogP contribution in [0.2, 0.25) is 0 Å². The van der Waals surface area contributed by atoms with Crippen LogP contribution in [0.1, 0.15) is 36.7 Å². The number of ether oxygens (including phenoxy) is 2. The molecule has 0 N–H and O–H groups in total. The molecule has 1 aromatic heterocycles. The molecule has 0 aliphatic carbocycles. The molecule has 0 bridgehead atoms. The molecule has 2 rings (SSSR count). The van der Waals surface area contributed by atoms with E-state index in [1.54, 1.807) is 18.9 Å². The maximum absolute atomic E-state index is 12.6. The number of aromatic nitrogens is 2. The largest absolute Gasteiger partial charge is 0.466 e. The zero-order chi connectivity index (χ0) is 20.4. The summed E-state index contributed by atoms with van der Waals surface area (Å²) in [6.07, 6.45) is 6.02. The van der Waals surface area contributed by atoms with Gasteiger partial charge >= 0.3 is 5.97 Å². The van der Waals surface area contributed by atoms with E-state index in [0.29, 0.717) is 32.8 Å². The first kappa shape index (κ1) is 21.7. The summed E-state index contributed by atoms with van der Waals surface area (Å²) >= 11 is 0. The minimum Gasteiger partial charge on any atom is -0.466 e. The summed E-state index contributed by atoms with van der Waals surface area (Å²) in [6, 6.07) is 0. The predicted octanol–water partition coefficient (Wildman–Crippen LogP) is 0.757. The van der Waals surface area contributed by atoms with Crippen LogP contribution >= 0.6 is 0 Å². The van der Waals surface area contributed by atoms with Gasteiger partial charge in [0.2, 0.25) is 5.91 Å². The van der Waals surface area contributed by atoms with E-state index in [1.165, 1.54) is 23.5 Å². The van der Waals surface area contributed by atoms with Gasteiger partial charge < -0.3 is 19.3 Å². The highest BCUT2D eigenvalue weighted by atomic mass is 16.5. The summed E-state index contributed by atoms with van der Waals surface area (Å²) in [5, 5.41) is 0. The normalized spacial score (nSPS) is 16.5. The highest BCUT2D eigenvalue weighted by molar-refractivity contribution is 5.92. The summed E-state index contributed by atoms with van der Waals surface area (Å²) < 4.78 is 10.1. The third kappa shape index (κ3) is 6.26. The van der Waals surface area contributed by atoms with Crippen LogP contribution in [-0.4, -0.2) is 84.1 Å². The molecule has 2 amide bonds. The van der Waals surface area contributed by atoms with Crippen LogP contribution in [-0.2, 0) is 19.1 Å². The lowest BCUT2D eigenvalue weighted by atomic mass is 9.98. The summed E-state index contributed by atoms with van der Waals surface area (Å²) in [5.41, 5.74) is 0.228. The number of nitrogens with zero attached hydrogens (tertiary/aromatic N) is 4. The number of carbonyl (C=O) groups is 3. The molecule has 0 aromatic carbocycles. The van der Waals surface area contributed by atoms with Crippen molar-refractivity contribution in [3.05, 3.63) is 24.3 Å². The van der Waals surface area contributed by atoms with E-state index in [0.717, 1.165) is 12.8 Å². The molecule has 9 nitrogen and oxygen atoms in total. The maximum atomic E-state index is 12.6. The molecule has 1 aliphatic rings. The Hall–Kier alpha value is -2.55. The molecular weight excluding hydrogens is 364 g/mol. The van der Waals surface area contributed by atoms with Gasteiger partial charge in [0.25, 0.3) is 5.91 Å². The molecule has 1 saturated heterocycles. The molecule has 2 heterocycles. The monoisotopic (exact) mass is 392 g/mol. The fourth-order valence-corrected chi connectivity index (χ4v) is 3.13. The number of esters is 1. The van der Waals surface area contributed by atoms with Gasteiger partial charge in [-0.1, -0.05) is 0 Å². The van der Waals surface area contributed by atoms with Crippen LogP contribution < -0.4 is 0 Å². The van der Waals surface area contributed by atoms with Gasteiger partial charge in [-0.25, -0.2) is 4.98 Å². The molecule has 0 spiro atoms. The van der Waals surface area contributed by atoms with E-state index >= 15 is 0 Å². The van der Waals surface area contributed by atoms with E-state index in [-0.39, 0.29) is 42.4 Å². The van der Waals surface area contributed by atoms with E-state index in [1.807, 2.05) is 0 Å². The smallest absolute Gasteiger partial charge is 0.310 e. The number of amides is 2. The quantitative estimate of drug-likeness (QED) is 0.572. The Morgan fingerprint density at radius 2 is 2.11 bits per heavy atom. The lowest BCUT2D eigenvalue weighted by Gasteiger charge is -2.32. The predicted molar refractivity (Wildman–Crippen MR) is 100 cm³/mol. The van der Waals surface area contributed by atoms with Gasteiger partial charge in [-0.15, -0.1) is 0 Å². The van der Waals surface area contributed by atoms with E-state index in [2.05, 4.69) is 9.97 Å². The van der Waals surface area contributed by atoms with Crippen molar-refractivity contribution < 1.29 is 23.9 Å². The average molecular weight is 392 g/mol. The lowest BCUT2D eigenvalue weighted by Crippen LogP contribution is -2.44. The Morgan fingerprint density at radius 3 is 2.79 bits per heavy atom. The Balaban J connectivity index is 1.93. The minimum atomic E-state index is -0.291. The second-order valence-corrected chi connectivity index (χ2v) is 6.56. The standard InChI is InChI=1S/C19H28N4O5/c1-3-28-19(26)15-5-4-9-23(14-15)17(24)6-10-22(11-12-27-2)18(25)16-13-20-7-8-21-16/h7-8,13,15H,3-6,9-12,14H2,1-2H3. The van der Waals surface area contributed by atoms with Crippen LogP contribution in [0.3, 0.4) is 0 Å². The van der Waals surface area contributed by atoms with Crippen LogP contribution in [0.5, 0.6) is 0 Å². The Morgan fingerprint density at radius 1 is 1.29 bits per heavy atom. The minimum absolute atomic E-state index is 0.0802. The first-order valence-corrected chi connectivity index (χ1v) is 9.55. The van der Waals surface area contributed by atoms with Gasteiger partial charge in [0.15, 0.2) is 0 Å². The molecule has 9 heteroatoms. The summed E-state index contributed by atoms with van der Waals surface area (Å²) in [7, 11) is 1.55. The van der Waals surface area contributed by atoms with E-state index in [9.17, 15) is 14.4 Å². The van der Waals surface area contributed by atoms with Crippen LogP contribution in [0.15, 0.2) is 18.6 Å². The third-order valence-corrected chi connectivity index (χ3v) is 4.62. The fraction of sp³-hybridized carbons (Fsp3) is 0.632. The lowest BCUT2D eigenvalue weighted by molar-refractivity contribution is -0.151. The highest BCUT2D eigenvalue weighted by Gasteiger charge is 2.29. The van der Waals surface area contributed by atoms with Crippen LogP contribution in [0.25, 0.3) is 0 Å². The summed E-state index contributed by atoms with van der Waals surface area (Å²) in [5.74, 6) is -0.896. The Bertz CT molecular complexity index is 655. The maximum Gasteiger partial charge on any atom is 0.310 e. The number of hydrogen-bond donors (Lipinski definition) is 0. The van der Waals surface area contributed by atoms with Crippen molar-refractivity contribution >= 4 is 17.8 Å². The van der Waals surface area contributed by atoms with Crippen molar-refractivity contribution in [1.82, 2.24) is 19.8 Å². The van der Waals surface area contributed by atoms with Gasteiger partial charge in [-0.05, 0) is 19.8 Å². The Labute approximate surface area is 165 Å². The van der Waals surface area contributed by atoms with Crippen LogP contribution in [0, 0.1) is 5.92 Å². The van der Waals surface area contributed by atoms with Gasteiger partial charge in [0, 0.05) is 52.1 Å². The van der Waals surface area contributed by atoms with Crippen molar-refractivity contribution in [1.29, 1.82) is 0 Å². The molecule has 28 heavy (non-hydrogen) atoms. The molecule has 0 saturated carbocycles. The fourth-order valence-electron chi connectivity index (χ4n) is 3.13. The van der Waals surface area contributed by atoms with Crippen LogP contribution in [0.4, 0.5) is 0 Å². The molecule has 1 unspecified atom stereocenters. The number of rotatable bonds is 9. The van der Waals surface area contributed by atoms with Crippen molar-refractivity contribution in [2.45, 2.75) is 26.2 Å². The molecule has 1 atom stereocenters. The number of carbonyl (C=O) groups excluding carboxylic acids is 3. The highest BCUT2D eigenvalue weighted by Crippen LogP contribution is 2.19. The molecule has 154 valence electrons. The third-order valence-electron chi connectivity index (χ3n) is 4.62. The van der Waals surface area contributed by atoms with Gasteiger partial charge in [0.05, 0.1) is 25.3 Å². The number of hydrogen-bond acceptors (Lipinski definition) is 7. The van der Waals surface area contributed by atoms with Crippen molar-refractivity contribution in [2.75, 3.05) is 46.5 Å². The number of likely N-dealkylation sites (tertiary alicyclic amines) is 1. The van der Waals surface area contributed by atoms with Gasteiger partial charge in [-0.3, -0.25) is 19.4 Å². The van der Waals surface area contributed by atoms with Crippen molar-refractivity contribution in [2.24, 2.45) is 5.92 Å². The zero-order valence-corrected chi connectivity index (χ0v) is 16.5. The SMILES string of the molecule is CCOC(=O)C1CCCN(C(=O)CCN(CCOC)C(=O)c2cnccn2)C1. The molecule has 1 aromatic rings. The van der Waals surface area contributed by atoms with Gasteiger partial charge in [-0.2, -0.15) is 0 Å². The second kappa shape index (κ2) is 11.3. The van der Waals surface area contributed by atoms with Crippen molar-refractivity contribution in [3.63, 3.8) is 0 Å². The number of piperidine rings is 1. The summed E-state index contributed by atoms with van der Waals surface area (Å²) in [6.45, 7) is 4.05. The second-order valence-electron chi connectivity index (χ2n) is 6.56. The first-order valence-electron chi connectivity index (χ1n) is 9.55. The molecule has 1 aliphatic heterocycles. The molecular formula is C19H28N4O5. The average Bonchev–Trinajstić information content (AvgIpc) is 2.74. The Kier molecular flexibility index (Phi) is 8.80. The van der Waals surface area contributed by atoms with Crippen molar-refractivity contribution in [3.8, 4) is 0 Å². The topological polar surface area (TPSA) is 102 Å². The molecule has 0 radical (unpaired) electrons. The van der Waals surface area contributed by atoms with E-state index < -0.39 is 0 Å².